The highest BCUT2D eigenvalue weighted by molar-refractivity contribution is 5.85. The summed E-state index contributed by atoms with van der Waals surface area (Å²) in [6.45, 7) is 2.41. The number of hydrogen-bond acceptors (Lipinski definition) is 6. The molecule has 162 valence electrons. The second kappa shape index (κ2) is 6.28. The second-order valence-electron chi connectivity index (χ2n) is 10.8. The van der Waals surface area contributed by atoms with Gasteiger partial charge < -0.3 is 25.2 Å². The van der Waals surface area contributed by atoms with Crippen LogP contribution in [0.4, 0.5) is 0 Å². The molecule has 0 aromatic heterocycles. The van der Waals surface area contributed by atoms with Crippen LogP contribution in [-0.4, -0.2) is 56.9 Å². The van der Waals surface area contributed by atoms with Gasteiger partial charge in [-0.1, -0.05) is 6.92 Å². The average Bonchev–Trinajstić information content (AvgIpc) is 3.21. The monoisotopic (exact) mass is 406 g/mol. The van der Waals surface area contributed by atoms with Crippen LogP contribution in [0.25, 0.3) is 0 Å². The van der Waals surface area contributed by atoms with E-state index in [-0.39, 0.29) is 35.7 Å². The molecule has 8 atom stereocenters. The Hall–Kier alpha value is -0.950. The first-order valence-corrected chi connectivity index (χ1v) is 11.3. The van der Waals surface area contributed by atoms with Crippen LogP contribution in [0.15, 0.2) is 11.6 Å². The van der Waals surface area contributed by atoms with Gasteiger partial charge >= 0.3 is 5.97 Å². The third kappa shape index (κ3) is 2.40. The Morgan fingerprint density at radius 1 is 1.07 bits per heavy atom. The molecule has 0 unspecified atom stereocenters. The van der Waals surface area contributed by atoms with Gasteiger partial charge in [0.2, 0.25) is 0 Å². The molecule has 6 heteroatoms. The fourth-order valence-corrected chi connectivity index (χ4v) is 8.52. The van der Waals surface area contributed by atoms with Crippen molar-refractivity contribution in [3.05, 3.63) is 11.6 Å². The zero-order chi connectivity index (χ0) is 20.7. The number of fused-ring (bicyclic) bond motifs is 5. The minimum absolute atomic E-state index is 0.0209. The number of ether oxygens (including phenoxy) is 1. The highest BCUT2D eigenvalue weighted by Gasteiger charge is 2.71. The topological polar surface area (TPSA) is 107 Å². The summed E-state index contributed by atoms with van der Waals surface area (Å²) in [5.41, 5.74) is -1.88. The van der Waals surface area contributed by atoms with Crippen LogP contribution in [0.1, 0.15) is 64.7 Å². The standard InChI is InChI=1S/C23H34O6/c1-20-6-3-17-18(4-8-22(27)11-15(25)2-7-21(17,22)13-24)23(20,28)9-5-16(20)14-10-19(26)29-12-14/h10,15-18,24-25,27-28H,2-9,11-13H2,1H3/t15-,16+,17+,18+,20+,21-,22-,23-/m0/s1. The number of aliphatic hydroxyl groups is 4. The summed E-state index contributed by atoms with van der Waals surface area (Å²) in [4.78, 5) is 11.6. The van der Waals surface area contributed by atoms with E-state index in [4.69, 9.17) is 4.74 Å². The number of carbonyl (C=O) groups is 1. The van der Waals surface area contributed by atoms with Gasteiger partial charge in [0.15, 0.2) is 0 Å². The largest absolute Gasteiger partial charge is 0.458 e. The summed E-state index contributed by atoms with van der Waals surface area (Å²) >= 11 is 0. The van der Waals surface area contributed by atoms with Crippen LogP contribution in [-0.2, 0) is 9.53 Å². The molecule has 1 aliphatic heterocycles. The molecular formula is C23H34O6. The molecule has 4 N–H and O–H groups in total. The Morgan fingerprint density at radius 3 is 2.52 bits per heavy atom. The van der Waals surface area contributed by atoms with E-state index in [0.717, 1.165) is 24.8 Å². The van der Waals surface area contributed by atoms with Gasteiger partial charge in [-0.3, -0.25) is 0 Å². The maximum absolute atomic E-state index is 12.1. The van der Waals surface area contributed by atoms with Gasteiger partial charge in [0.05, 0.1) is 23.9 Å². The first-order valence-electron chi connectivity index (χ1n) is 11.3. The van der Waals surface area contributed by atoms with E-state index in [9.17, 15) is 25.2 Å². The van der Waals surface area contributed by atoms with Crippen molar-refractivity contribution in [1.29, 1.82) is 0 Å². The fraction of sp³-hybridized carbons (Fsp3) is 0.870. The molecular weight excluding hydrogens is 372 g/mol. The summed E-state index contributed by atoms with van der Waals surface area (Å²) in [6.07, 6.45) is 7.02. The van der Waals surface area contributed by atoms with Crippen molar-refractivity contribution in [3.63, 3.8) is 0 Å². The van der Waals surface area contributed by atoms with Gasteiger partial charge in [-0.05, 0) is 74.7 Å². The van der Waals surface area contributed by atoms with Crippen molar-refractivity contribution >= 4 is 5.97 Å². The van der Waals surface area contributed by atoms with Crippen molar-refractivity contribution in [2.24, 2.45) is 28.6 Å². The molecule has 1 heterocycles. The summed E-state index contributed by atoms with van der Waals surface area (Å²) in [5.74, 6) is -0.0760. The van der Waals surface area contributed by atoms with E-state index >= 15 is 0 Å². The molecule has 4 fully saturated rings. The van der Waals surface area contributed by atoms with Gasteiger partial charge in [-0.15, -0.1) is 0 Å². The van der Waals surface area contributed by atoms with Crippen molar-refractivity contribution in [2.75, 3.05) is 13.2 Å². The molecule has 4 aliphatic carbocycles. The van der Waals surface area contributed by atoms with Crippen LogP contribution < -0.4 is 0 Å². The minimum atomic E-state index is -1.06. The SMILES string of the molecule is C[C@]12CC[C@@H]3[C@@H](CC[C@]4(O)C[C@@H](O)CC[C@]34CO)[C@@]1(O)CC[C@@H]2C1=CC(=O)OC1. The van der Waals surface area contributed by atoms with Crippen molar-refractivity contribution in [3.8, 4) is 0 Å². The van der Waals surface area contributed by atoms with Gasteiger partial charge in [-0.2, -0.15) is 0 Å². The molecule has 6 nitrogen and oxygen atoms in total. The summed E-state index contributed by atoms with van der Waals surface area (Å²) in [6, 6.07) is 0. The normalized spacial score (nSPS) is 54.2. The van der Waals surface area contributed by atoms with E-state index < -0.39 is 22.7 Å². The van der Waals surface area contributed by atoms with E-state index in [1.807, 2.05) is 0 Å². The van der Waals surface area contributed by atoms with Crippen molar-refractivity contribution < 1.29 is 30.0 Å². The number of hydrogen-bond donors (Lipinski definition) is 4. The van der Waals surface area contributed by atoms with Crippen LogP contribution in [0, 0.1) is 28.6 Å². The number of rotatable bonds is 2. The molecule has 0 radical (unpaired) electrons. The predicted octanol–water partition coefficient (Wildman–Crippen LogP) is 1.69. The zero-order valence-corrected chi connectivity index (χ0v) is 17.3. The van der Waals surface area contributed by atoms with Crippen molar-refractivity contribution in [2.45, 2.75) is 82.0 Å². The lowest BCUT2D eigenvalue weighted by Crippen LogP contribution is -2.69. The Morgan fingerprint density at radius 2 is 1.83 bits per heavy atom. The number of carbonyl (C=O) groups excluding carboxylic acids is 1. The Bertz CT molecular complexity index is 750. The van der Waals surface area contributed by atoms with Gasteiger partial charge in [0.1, 0.15) is 6.61 Å². The van der Waals surface area contributed by atoms with Crippen molar-refractivity contribution in [1.82, 2.24) is 0 Å². The van der Waals surface area contributed by atoms with Crippen LogP contribution in [0.2, 0.25) is 0 Å². The van der Waals surface area contributed by atoms with E-state index in [0.29, 0.717) is 45.1 Å². The first kappa shape index (κ1) is 20.0. The molecule has 0 aromatic carbocycles. The third-order valence-corrected chi connectivity index (χ3v) is 10.1. The maximum atomic E-state index is 12.1. The molecule has 0 spiro atoms. The summed E-state index contributed by atoms with van der Waals surface area (Å²) in [5, 5.41) is 44.4. The highest BCUT2D eigenvalue weighted by Crippen LogP contribution is 2.70. The van der Waals surface area contributed by atoms with E-state index in [1.54, 1.807) is 6.08 Å². The molecule has 5 rings (SSSR count). The smallest absolute Gasteiger partial charge is 0.331 e. The molecule has 4 saturated carbocycles. The van der Waals surface area contributed by atoms with Crippen LogP contribution >= 0.6 is 0 Å². The molecule has 0 aromatic rings. The molecule has 5 aliphatic rings. The molecule has 0 saturated heterocycles. The van der Waals surface area contributed by atoms with Gasteiger partial charge in [-0.25, -0.2) is 4.79 Å². The number of aliphatic hydroxyl groups excluding tert-OH is 2. The lowest BCUT2D eigenvalue weighted by Gasteiger charge is -2.66. The fourth-order valence-electron chi connectivity index (χ4n) is 8.52. The first-order chi connectivity index (χ1) is 13.7. The Kier molecular flexibility index (Phi) is 4.33. The van der Waals surface area contributed by atoms with Gasteiger partial charge in [0, 0.05) is 23.3 Å². The Balaban J connectivity index is 1.51. The molecule has 0 amide bonds. The second-order valence-corrected chi connectivity index (χ2v) is 10.8. The molecule has 29 heavy (non-hydrogen) atoms. The Labute approximate surface area is 172 Å². The summed E-state index contributed by atoms with van der Waals surface area (Å²) < 4.78 is 5.17. The third-order valence-electron chi connectivity index (χ3n) is 10.1. The minimum Gasteiger partial charge on any atom is -0.458 e. The average molecular weight is 407 g/mol. The van der Waals surface area contributed by atoms with E-state index in [1.165, 1.54) is 0 Å². The predicted molar refractivity (Wildman–Crippen MR) is 105 cm³/mol. The number of cyclic esters (lactones) is 1. The highest BCUT2D eigenvalue weighted by atomic mass is 16.5. The van der Waals surface area contributed by atoms with E-state index in [2.05, 4.69) is 6.92 Å². The molecule has 0 bridgehead atoms. The zero-order valence-electron chi connectivity index (χ0n) is 17.3. The van der Waals surface area contributed by atoms with Gasteiger partial charge in [0.25, 0.3) is 0 Å². The summed E-state index contributed by atoms with van der Waals surface area (Å²) in [7, 11) is 0. The quantitative estimate of drug-likeness (QED) is 0.520. The van der Waals surface area contributed by atoms with Crippen LogP contribution in [0.3, 0.4) is 0 Å². The maximum Gasteiger partial charge on any atom is 0.331 e. The van der Waals surface area contributed by atoms with Crippen LogP contribution in [0.5, 0.6) is 0 Å². The lowest BCUT2D eigenvalue weighted by molar-refractivity contribution is -0.269. The lowest BCUT2D eigenvalue weighted by atomic mass is 9.41. The number of esters is 1.